The monoisotopic (exact) mass is 278 g/mol. The zero-order valence-electron chi connectivity index (χ0n) is 11.4. The van der Waals surface area contributed by atoms with E-state index in [1.165, 1.54) is 0 Å². The summed E-state index contributed by atoms with van der Waals surface area (Å²) in [7, 11) is 0. The van der Waals surface area contributed by atoms with Crippen molar-refractivity contribution in [1.82, 2.24) is 0 Å². The van der Waals surface area contributed by atoms with Crippen LogP contribution in [0.4, 0.5) is 0 Å². The Hall–Kier alpha value is -0.280. The predicted octanol–water partition coefficient (Wildman–Crippen LogP) is -1.26. The van der Waals surface area contributed by atoms with E-state index < -0.39 is 0 Å². The minimum absolute atomic E-state index is 0.236. The molecule has 114 valence electrons. The Morgan fingerprint density at radius 3 is 1.05 bits per heavy atom. The van der Waals surface area contributed by atoms with E-state index in [4.69, 9.17) is 35.2 Å². The van der Waals surface area contributed by atoms with E-state index in [-0.39, 0.29) is 12.1 Å². The maximum atomic E-state index is 5.89. The Balaban J connectivity index is 2.19. The van der Waals surface area contributed by atoms with Gasteiger partial charge in [0.25, 0.3) is 0 Å². The highest BCUT2D eigenvalue weighted by atomic mass is 16.6. The van der Waals surface area contributed by atoms with E-state index in [9.17, 15) is 0 Å². The van der Waals surface area contributed by atoms with Crippen molar-refractivity contribution in [2.75, 3.05) is 66.1 Å². The lowest BCUT2D eigenvalue weighted by atomic mass is 10.2. The molecule has 19 heavy (non-hydrogen) atoms. The first-order valence-electron chi connectivity index (χ1n) is 6.70. The third kappa shape index (κ3) is 9.28. The molecule has 7 heteroatoms. The van der Waals surface area contributed by atoms with Gasteiger partial charge in [0, 0.05) is 12.1 Å². The Morgan fingerprint density at radius 1 is 0.474 bits per heavy atom. The van der Waals surface area contributed by atoms with Crippen LogP contribution in [0.1, 0.15) is 0 Å². The minimum atomic E-state index is -0.236. The van der Waals surface area contributed by atoms with Gasteiger partial charge in [-0.1, -0.05) is 0 Å². The maximum absolute atomic E-state index is 5.89. The molecule has 0 spiro atoms. The summed E-state index contributed by atoms with van der Waals surface area (Å²) in [6, 6.07) is -0.472. The van der Waals surface area contributed by atoms with Crippen LogP contribution in [0.15, 0.2) is 0 Å². The van der Waals surface area contributed by atoms with E-state index in [1.54, 1.807) is 0 Å². The van der Waals surface area contributed by atoms with Crippen LogP contribution in [0.3, 0.4) is 0 Å². The minimum Gasteiger partial charge on any atom is -0.377 e. The van der Waals surface area contributed by atoms with Crippen molar-refractivity contribution in [3.8, 4) is 0 Å². The van der Waals surface area contributed by atoms with E-state index in [0.29, 0.717) is 66.1 Å². The van der Waals surface area contributed by atoms with Crippen LogP contribution >= 0.6 is 0 Å². The van der Waals surface area contributed by atoms with Crippen LogP contribution < -0.4 is 11.5 Å². The summed E-state index contributed by atoms with van der Waals surface area (Å²) in [4.78, 5) is 0. The highest BCUT2D eigenvalue weighted by molar-refractivity contribution is 4.75. The molecule has 1 fully saturated rings. The summed E-state index contributed by atoms with van der Waals surface area (Å²) in [5, 5.41) is 0. The molecule has 0 amide bonds. The second kappa shape index (κ2) is 11.5. The quantitative estimate of drug-likeness (QED) is 0.570. The first-order chi connectivity index (χ1) is 9.30. The van der Waals surface area contributed by atoms with E-state index in [0.717, 1.165) is 0 Å². The zero-order chi connectivity index (χ0) is 13.8. The average Bonchev–Trinajstić information content (AvgIpc) is 2.41. The summed E-state index contributed by atoms with van der Waals surface area (Å²) in [5.41, 5.74) is 11.8. The van der Waals surface area contributed by atoms with Crippen molar-refractivity contribution in [3.05, 3.63) is 0 Å². The molecular weight excluding hydrogens is 252 g/mol. The molecule has 1 aliphatic rings. The molecule has 0 aliphatic carbocycles. The number of hydrogen-bond donors (Lipinski definition) is 2. The SMILES string of the molecule is N[C@@H]1COCCOCCOCCOCCOC[C@H]1N. The number of ether oxygens (including phenoxy) is 5. The third-order valence-electron chi connectivity index (χ3n) is 2.66. The van der Waals surface area contributed by atoms with Crippen LogP contribution in [0.2, 0.25) is 0 Å². The molecule has 0 aromatic rings. The first kappa shape index (κ1) is 16.8. The van der Waals surface area contributed by atoms with Gasteiger partial charge in [0.15, 0.2) is 0 Å². The summed E-state index contributed by atoms with van der Waals surface area (Å²) in [6.07, 6.45) is 0. The van der Waals surface area contributed by atoms with E-state index >= 15 is 0 Å². The number of nitrogens with two attached hydrogens (primary N) is 2. The highest BCUT2D eigenvalue weighted by Crippen LogP contribution is 1.92. The van der Waals surface area contributed by atoms with Gasteiger partial charge in [0.2, 0.25) is 0 Å². The lowest BCUT2D eigenvalue weighted by Gasteiger charge is -2.19. The lowest BCUT2D eigenvalue weighted by Crippen LogP contribution is -2.47. The second-order valence-corrected chi connectivity index (χ2v) is 4.31. The van der Waals surface area contributed by atoms with E-state index in [1.807, 2.05) is 0 Å². The highest BCUT2D eigenvalue weighted by Gasteiger charge is 2.13. The standard InChI is InChI=1S/C12H26N2O5/c13-11-9-18-7-5-16-3-1-15-2-4-17-6-8-19-10-12(11)14/h11-12H,1-10,13-14H2/t11-,12-/m1/s1. The van der Waals surface area contributed by atoms with Gasteiger partial charge < -0.3 is 35.2 Å². The normalized spacial score (nSPS) is 30.6. The smallest absolute Gasteiger partial charge is 0.0701 e. The Morgan fingerprint density at radius 2 is 0.737 bits per heavy atom. The molecule has 1 saturated heterocycles. The van der Waals surface area contributed by atoms with Crippen molar-refractivity contribution < 1.29 is 23.7 Å². The van der Waals surface area contributed by atoms with Crippen molar-refractivity contribution >= 4 is 0 Å². The van der Waals surface area contributed by atoms with Gasteiger partial charge in [-0.3, -0.25) is 0 Å². The molecule has 0 aromatic carbocycles. The fourth-order valence-corrected chi connectivity index (χ4v) is 1.46. The largest absolute Gasteiger partial charge is 0.377 e. The summed E-state index contributed by atoms with van der Waals surface area (Å²) >= 11 is 0. The van der Waals surface area contributed by atoms with Crippen LogP contribution in [-0.4, -0.2) is 78.2 Å². The van der Waals surface area contributed by atoms with E-state index in [2.05, 4.69) is 0 Å². The molecule has 7 nitrogen and oxygen atoms in total. The van der Waals surface area contributed by atoms with Crippen LogP contribution in [0.5, 0.6) is 0 Å². The molecule has 0 unspecified atom stereocenters. The molecule has 1 aliphatic heterocycles. The molecule has 0 bridgehead atoms. The number of hydrogen-bond acceptors (Lipinski definition) is 7. The van der Waals surface area contributed by atoms with Gasteiger partial charge in [-0.2, -0.15) is 0 Å². The maximum Gasteiger partial charge on any atom is 0.0701 e. The fourth-order valence-electron chi connectivity index (χ4n) is 1.46. The Kier molecular flexibility index (Phi) is 10.2. The number of rotatable bonds is 0. The van der Waals surface area contributed by atoms with Gasteiger partial charge in [0.1, 0.15) is 0 Å². The van der Waals surface area contributed by atoms with Crippen molar-refractivity contribution in [1.29, 1.82) is 0 Å². The first-order valence-corrected chi connectivity index (χ1v) is 6.70. The average molecular weight is 278 g/mol. The van der Waals surface area contributed by atoms with Gasteiger partial charge in [-0.05, 0) is 0 Å². The molecule has 0 aromatic heterocycles. The molecule has 0 radical (unpaired) electrons. The summed E-state index contributed by atoms with van der Waals surface area (Å²) in [5.74, 6) is 0. The van der Waals surface area contributed by atoms with Gasteiger partial charge in [-0.15, -0.1) is 0 Å². The third-order valence-corrected chi connectivity index (χ3v) is 2.66. The topological polar surface area (TPSA) is 98.2 Å². The van der Waals surface area contributed by atoms with Crippen molar-refractivity contribution in [2.45, 2.75) is 12.1 Å². The van der Waals surface area contributed by atoms with Crippen molar-refractivity contribution in [3.63, 3.8) is 0 Å². The molecule has 2 atom stereocenters. The Labute approximate surface area is 114 Å². The zero-order valence-corrected chi connectivity index (χ0v) is 11.4. The van der Waals surface area contributed by atoms with Crippen LogP contribution in [0.25, 0.3) is 0 Å². The molecule has 1 heterocycles. The second-order valence-electron chi connectivity index (χ2n) is 4.31. The molecular formula is C12H26N2O5. The summed E-state index contributed by atoms with van der Waals surface area (Å²) < 4.78 is 26.8. The molecule has 4 N–H and O–H groups in total. The van der Waals surface area contributed by atoms with Gasteiger partial charge >= 0.3 is 0 Å². The predicted molar refractivity (Wildman–Crippen MR) is 70.0 cm³/mol. The molecule has 0 saturated carbocycles. The van der Waals surface area contributed by atoms with Gasteiger partial charge in [-0.25, -0.2) is 0 Å². The Bertz CT molecular complexity index is 189. The lowest BCUT2D eigenvalue weighted by molar-refractivity contribution is -0.00767. The molecule has 1 rings (SSSR count). The van der Waals surface area contributed by atoms with Crippen LogP contribution in [-0.2, 0) is 23.7 Å². The summed E-state index contributed by atoms with van der Waals surface area (Å²) in [6.45, 7) is 5.09. The van der Waals surface area contributed by atoms with Gasteiger partial charge in [0.05, 0.1) is 66.1 Å². The van der Waals surface area contributed by atoms with Crippen molar-refractivity contribution in [2.24, 2.45) is 11.5 Å². The van der Waals surface area contributed by atoms with Crippen LogP contribution in [0, 0.1) is 0 Å². The fraction of sp³-hybridized carbons (Fsp3) is 1.00.